The van der Waals surface area contributed by atoms with Crippen molar-refractivity contribution in [3.8, 4) is 16.9 Å². The highest BCUT2D eigenvalue weighted by Gasteiger charge is 2.41. The second-order valence-electron chi connectivity index (χ2n) is 12.1. The summed E-state index contributed by atoms with van der Waals surface area (Å²) in [6.07, 6.45) is -2.76. The number of hydrogen-bond acceptors (Lipinski definition) is 4. The predicted molar refractivity (Wildman–Crippen MR) is 157 cm³/mol. The predicted octanol–water partition coefficient (Wildman–Crippen LogP) is 10.7. The van der Waals surface area contributed by atoms with Crippen LogP contribution in [0.2, 0.25) is 0 Å². The molecule has 4 nitrogen and oxygen atoms in total. The number of halogens is 8. The third-order valence-corrected chi connectivity index (χ3v) is 8.76. The summed E-state index contributed by atoms with van der Waals surface area (Å²) in [5.41, 5.74) is -0.0251. The molecule has 0 amide bonds. The molecule has 12 heteroatoms. The third-order valence-electron chi connectivity index (χ3n) is 8.76. The van der Waals surface area contributed by atoms with Crippen molar-refractivity contribution >= 4 is 0 Å². The van der Waals surface area contributed by atoms with Gasteiger partial charge in [-0.05, 0) is 79.0 Å². The molecule has 0 radical (unpaired) electrons. The second kappa shape index (κ2) is 14.9. The summed E-state index contributed by atoms with van der Waals surface area (Å²) in [6.45, 7) is 1.24. The van der Waals surface area contributed by atoms with Gasteiger partial charge in [-0.15, -0.1) is 13.2 Å². The maximum absolute atomic E-state index is 15.2. The molecule has 0 spiro atoms. The zero-order chi connectivity index (χ0) is 33.8. The summed E-state index contributed by atoms with van der Waals surface area (Å²) < 4.78 is 130. The van der Waals surface area contributed by atoms with Crippen LogP contribution in [0.1, 0.15) is 87.2 Å². The highest BCUT2D eigenvalue weighted by molar-refractivity contribution is 5.65. The molecule has 2 fully saturated rings. The molecule has 0 bridgehead atoms. The monoisotopic (exact) mass is 672 g/mol. The highest BCUT2D eigenvalue weighted by atomic mass is 19.4. The lowest BCUT2D eigenvalue weighted by Gasteiger charge is -2.32. The lowest BCUT2D eigenvalue weighted by atomic mass is 9.77. The Labute approximate surface area is 268 Å². The lowest BCUT2D eigenvalue weighted by Crippen LogP contribution is -2.38. The first-order chi connectivity index (χ1) is 22.3. The van der Waals surface area contributed by atoms with E-state index in [-0.39, 0.29) is 22.6 Å². The third kappa shape index (κ3) is 9.03. The second-order valence-corrected chi connectivity index (χ2v) is 12.1. The molecule has 0 unspecified atom stereocenters. The smallest absolute Gasteiger partial charge is 0.403 e. The molecule has 47 heavy (non-hydrogen) atoms. The molecule has 1 aliphatic heterocycles. The first-order valence-corrected chi connectivity index (χ1v) is 15.8. The number of alkyl halides is 5. The summed E-state index contributed by atoms with van der Waals surface area (Å²) in [7, 11) is 0. The Morgan fingerprint density at radius 2 is 1.43 bits per heavy atom. The summed E-state index contributed by atoms with van der Waals surface area (Å²) in [5.74, 6) is -3.29. The molecular formula is C35H36F8O4. The molecule has 3 aromatic rings. The highest BCUT2D eigenvalue weighted by Crippen LogP contribution is 2.40. The maximum atomic E-state index is 15.2. The quantitative estimate of drug-likeness (QED) is 0.150. The van der Waals surface area contributed by atoms with Crippen molar-refractivity contribution in [2.75, 3.05) is 13.2 Å². The summed E-state index contributed by atoms with van der Waals surface area (Å²) in [6, 6.07) is 10.2. The van der Waals surface area contributed by atoms with E-state index < -0.39 is 66.8 Å². The average molecular weight is 673 g/mol. The maximum Gasteiger partial charge on any atom is 0.573 e. The lowest BCUT2D eigenvalue weighted by molar-refractivity contribution is -0.321. The number of unbranched alkanes of at least 4 members (excludes halogenated alkanes) is 2. The molecule has 2 aliphatic rings. The van der Waals surface area contributed by atoms with E-state index in [4.69, 9.17) is 14.2 Å². The van der Waals surface area contributed by atoms with Gasteiger partial charge in [-0.25, -0.2) is 13.2 Å². The fraction of sp³-hybridized carbons (Fsp3) is 0.486. The van der Waals surface area contributed by atoms with E-state index >= 15 is 17.6 Å². The standard InChI is InChI=1S/C35H36F8O4/c1-2-3-4-5-21-6-8-22(9-7-21)23-10-13-27(29(36)16-23)24-11-14-28(30(37)17-24)34(39,40)46-26-19-44-33(45-20-26)25-12-15-32(31(38)18-25)47-35(41,42)43/h10-18,21-22,26,33H,2-9,19-20H2,1H3. The van der Waals surface area contributed by atoms with Crippen molar-refractivity contribution in [1.29, 1.82) is 0 Å². The largest absolute Gasteiger partial charge is 0.573 e. The van der Waals surface area contributed by atoms with E-state index in [1.165, 1.54) is 37.8 Å². The van der Waals surface area contributed by atoms with E-state index in [1.54, 1.807) is 6.07 Å². The first-order valence-electron chi connectivity index (χ1n) is 15.8. The van der Waals surface area contributed by atoms with Crippen LogP contribution in [0.5, 0.6) is 5.75 Å². The molecule has 256 valence electrons. The van der Waals surface area contributed by atoms with E-state index in [9.17, 15) is 17.6 Å². The fourth-order valence-corrected chi connectivity index (χ4v) is 6.30. The number of ether oxygens (including phenoxy) is 4. The zero-order valence-electron chi connectivity index (χ0n) is 25.7. The molecule has 0 aromatic heterocycles. The van der Waals surface area contributed by atoms with Crippen LogP contribution in [0.4, 0.5) is 35.1 Å². The van der Waals surface area contributed by atoms with Crippen molar-refractivity contribution in [2.45, 2.75) is 89.1 Å². The Hall–Kier alpha value is -3.22. The molecule has 1 saturated heterocycles. The van der Waals surface area contributed by atoms with Crippen molar-refractivity contribution < 1.29 is 54.1 Å². The molecule has 5 rings (SSSR count). The van der Waals surface area contributed by atoms with E-state index in [0.717, 1.165) is 55.5 Å². The van der Waals surface area contributed by atoms with Crippen molar-refractivity contribution in [2.24, 2.45) is 5.92 Å². The van der Waals surface area contributed by atoms with Gasteiger partial charge in [-0.1, -0.05) is 56.9 Å². The van der Waals surface area contributed by atoms with Gasteiger partial charge < -0.3 is 18.9 Å². The molecule has 0 N–H and O–H groups in total. The number of rotatable bonds is 11. The minimum absolute atomic E-state index is 0.0192. The Kier molecular flexibility index (Phi) is 11.1. The number of hydrogen-bond donors (Lipinski definition) is 0. The fourth-order valence-electron chi connectivity index (χ4n) is 6.30. The van der Waals surface area contributed by atoms with Crippen LogP contribution in [0.15, 0.2) is 54.6 Å². The van der Waals surface area contributed by atoms with Crippen LogP contribution in [-0.4, -0.2) is 25.7 Å². The average Bonchev–Trinajstić information content (AvgIpc) is 3.02. The Bertz CT molecular complexity index is 1500. The normalized spacial score (nSPS) is 22.3. The van der Waals surface area contributed by atoms with E-state index in [2.05, 4.69) is 11.7 Å². The Morgan fingerprint density at radius 1 is 0.745 bits per heavy atom. The van der Waals surface area contributed by atoms with Crippen molar-refractivity contribution in [3.05, 3.63) is 88.7 Å². The number of benzene rings is 3. The van der Waals surface area contributed by atoms with E-state index in [1.807, 2.05) is 6.07 Å². The van der Waals surface area contributed by atoms with Crippen LogP contribution in [-0.2, 0) is 20.3 Å². The van der Waals surface area contributed by atoms with Crippen LogP contribution < -0.4 is 4.74 Å². The molecule has 1 saturated carbocycles. The Balaban J connectivity index is 1.17. The molecular weight excluding hydrogens is 636 g/mol. The van der Waals surface area contributed by atoms with Crippen LogP contribution in [0.25, 0.3) is 11.1 Å². The van der Waals surface area contributed by atoms with Gasteiger partial charge in [0.1, 0.15) is 17.7 Å². The first kappa shape index (κ1) is 35.1. The molecule has 0 atom stereocenters. The molecule has 1 heterocycles. The summed E-state index contributed by atoms with van der Waals surface area (Å²) >= 11 is 0. The Morgan fingerprint density at radius 3 is 2.04 bits per heavy atom. The van der Waals surface area contributed by atoms with Crippen LogP contribution >= 0.6 is 0 Å². The SMILES string of the molecule is CCCCCC1CCC(c2ccc(-c3ccc(C(F)(F)OC4COC(c5ccc(OC(F)(F)F)c(F)c5)OC4)c(F)c3)c(F)c2)CC1. The molecule has 1 aliphatic carbocycles. The van der Waals surface area contributed by atoms with Crippen LogP contribution in [0.3, 0.4) is 0 Å². The topological polar surface area (TPSA) is 36.9 Å². The summed E-state index contributed by atoms with van der Waals surface area (Å²) in [5, 5.41) is 0. The van der Waals surface area contributed by atoms with Gasteiger partial charge >= 0.3 is 12.5 Å². The zero-order valence-corrected chi connectivity index (χ0v) is 25.7. The van der Waals surface area contributed by atoms with Gasteiger partial charge in [0.2, 0.25) is 0 Å². The van der Waals surface area contributed by atoms with Gasteiger partial charge in [0.25, 0.3) is 0 Å². The summed E-state index contributed by atoms with van der Waals surface area (Å²) in [4.78, 5) is 0. The van der Waals surface area contributed by atoms with Gasteiger partial charge in [0, 0.05) is 11.1 Å². The van der Waals surface area contributed by atoms with Gasteiger partial charge in [0.05, 0.1) is 18.8 Å². The van der Waals surface area contributed by atoms with Crippen molar-refractivity contribution in [1.82, 2.24) is 0 Å². The van der Waals surface area contributed by atoms with Gasteiger partial charge in [-0.3, -0.25) is 0 Å². The van der Waals surface area contributed by atoms with E-state index in [0.29, 0.717) is 12.0 Å². The van der Waals surface area contributed by atoms with Gasteiger partial charge in [0.15, 0.2) is 17.9 Å². The minimum atomic E-state index is -5.09. The van der Waals surface area contributed by atoms with Gasteiger partial charge in [-0.2, -0.15) is 8.78 Å². The van der Waals surface area contributed by atoms with Crippen LogP contribution in [0, 0.1) is 23.4 Å². The molecule has 3 aromatic carbocycles. The van der Waals surface area contributed by atoms with Crippen molar-refractivity contribution in [3.63, 3.8) is 0 Å². The minimum Gasteiger partial charge on any atom is -0.403 e.